The highest BCUT2D eigenvalue weighted by atomic mass is 32.1. The average Bonchev–Trinajstić information content (AvgIpc) is 3.81. The van der Waals surface area contributed by atoms with Crippen molar-refractivity contribution in [2.45, 2.75) is 82.8 Å². The number of nitrogens with one attached hydrogen (secondary N) is 1. The van der Waals surface area contributed by atoms with Crippen molar-refractivity contribution >= 4 is 49.5 Å². The number of alkyl halides is 1. The Morgan fingerprint density at radius 1 is 1.17 bits per heavy atom. The number of nitriles is 1. The Morgan fingerprint density at radius 3 is 2.65 bits per heavy atom. The van der Waals surface area contributed by atoms with Crippen LogP contribution in [0.3, 0.4) is 0 Å². The number of hydrogen-bond donors (Lipinski definition) is 2. The van der Waals surface area contributed by atoms with Gasteiger partial charge in [-0.2, -0.15) is 15.2 Å². The molecule has 4 atom stereocenters. The highest BCUT2D eigenvalue weighted by Gasteiger charge is 2.49. The van der Waals surface area contributed by atoms with Crippen LogP contribution >= 0.6 is 11.3 Å². The molecule has 12 nitrogen and oxygen atoms in total. The maximum Gasteiger partial charge on any atom is 0.412 e. The lowest BCUT2D eigenvalue weighted by Crippen LogP contribution is -2.43. The van der Waals surface area contributed by atoms with Gasteiger partial charge in [-0.25, -0.2) is 22.8 Å². The Bertz CT molecular complexity index is 2140. The largest absolute Gasteiger partial charge is 0.471 e. The quantitative estimate of drug-likeness (QED) is 0.195. The summed E-state index contributed by atoms with van der Waals surface area (Å²) in [5.41, 5.74) is -1.48. The van der Waals surface area contributed by atoms with E-state index in [1.165, 1.54) is 23.1 Å². The van der Waals surface area contributed by atoms with E-state index in [-0.39, 0.29) is 67.7 Å². The molecule has 0 radical (unpaired) electrons. The van der Waals surface area contributed by atoms with Crippen LogP contribution in [0.25, 0.3) is 32.1 Å². The van der Waals surface area contributed by atoms with Crippen LogP contribution in [0.5, 0.6) is 11.9 Å². The molecule has 52 heavy (non-hydrogen) atoms. The highest BCUT2D eigenvalue weighted by Crippen LogP contribution is 2.45. The van der Waals surface area contributed by atoms with Crippen molar-refractivity contribution in [3.8, 4) is 29.1 Å². The number of carbonyl (C=O) groups excluding carboxylic acids is 1. The molecule has 274 valence electrons. The molecule has 0 aliphatic carbocycles. The first-order chi connectivity index (χ1) is 24.7. The molecule has 0 spiro atoms. The van der Waals surface area contributed by atoms with Gasteiger partial charge < -0.3 is 24.2 Å². The van der Waals surface area contributed by atoms with E-state index in [9.17, 15) is 24.3 Å². The van der Waals surface area contributed by atoms with Gasteiger partial charge in [0, 0.05) is 36.9 Å². The number of nitrogens with zero attached hydrogens (tertiary/aromatic N) is 5. The van der Waals surface area contributed by atoms with Crippen molar-refractivity contribution in [1.29, 1.82) is 5.26 Å². The van der Waals surface area contributed by atoms with Crippen LogP contribution in [0.15, 0.2) is 24.3 Å². The topological polar surface area (TPSA) is 150 Å². The minimum absolute atomic E-state index is 0.0193. The molecular formula is C36H37F3N6O6S. The van der Waals surface area contributed by atoms with E-state index < -0.39 is 53.3 Å². The molecule has 2 aromatic heterocycles. The maximum absolute atomic E-state index is 16.9. The predicted octanol–water partition coefficient (Wildman–Crippen LogP) is 7.48. The van der Waals surface area contributed by atoms with Crippen LogP contribution < -0.4 is 14.8 Å². The third-order valence-corrected chi connectivity index (χ3v) is 11.1. The molecule has 3 aliphatic rings. The zero-order valence-corrected chi connectivity index (χ0v) is 29.8. The number of hydrogen-bond acceptors (Lipinski definition) is 10. The Labute approximate surface area is 301 Å². The standard InChI is InChI=1S/C36H37F3N6O6S/c1-18-25(10-13-45(18)34(47)48)50-30-22-7-6-21(27(39)28(22)41-32(42-30)49-17-36-11-5-12-44(36)16-19(37)14-36)20-8-9-24(38)29-26(20)23(15-40)31(52-29)43-33(46)51-35(2,3)4/h6-9,18-19,25H,5,10-14,16-17H2,1-4H3,(H,43,46)(H,47,48)/t18-,19-,25-,36+/m1/s1. The van der Waals surface area contributed by atoms with Gasteiger partial charge in [0.25, 0.3) is 0 Å². The molecule has 0 saturated carbocycles. The third kappa shape index (κ3) is 6.40. The first kappa shape index (κ1) is 35.5. The normalized spacial score (nSPS) is 23.2. The Kier molecular flexibility index (Phi) is 9.06. The second-order valence-corrected chi connectivity index (χ2v) is 15.5. The fourth-order valence-electron chi connectivity index (χ4n) is 7.59. The van der Waals surface area contributed by atoms with E-state index in [2.05, 4.69) is 20.2 Å². The Balaban J connectivity index is 1.32. The number of aromatic nitrogens is 2. The molecule has 3 aliphatic heterocycles. The third-order valence-electron chi connectivity index (χ3n) is 9.98. The molecule has 16 heteroatoms. The molecule has 4 aromatic rings. The van der Waals surface area contributed by atoms with Crippen molar-refractivity contribution in [2.75, 3.05) is 31.6 Å². The number of carbonyl (C=O) groups is 2. The average molecular weight is 739 g/mol. The lowest BCUT2D eigenvalue weighted by atomic mass is 9.95. The molecule has 3 fully saturated rings. The van der Waals surface area contributed by atoms with Gasteiger partial charge in [-0.05, 0) is 64.8 Å². The summed E-state index contributed by atoms with van der Waals surface area (Å²) >= 11 is 0.824. The number of benzene rings is 2. The van der Waals surface area contributed by atoms with Gasteiger partial charge in [-0.3, -0.25) is 10.2 Å². The van der Waals surface area contributed by atoms with Gasteiger partial charge in [-0.15, -0.1) is 11.3 Å². The lowest BCUT2D eigenvalue weighted by Gasteiger charge is -2.30. The van der Waals surface area contributed by atoms with Crippen LogP contribution in [-0.4, -0.2) is 92.8 Å². The van der Waals surface area contributed by atoms with Crippen LogP contribution in [0.2, 0.25) is 0 Å². The van der Waals surface area contributed by atoms with E-state index >= 15 is 8.78 Å². The molecule has 3 saturated heterocycles. The summed E-state index contributed by atoms with van der Waals surface area (Å²) < 4.78 is 64.4. The molecule has 7 rings (SSSR count). The monoisotopic (exact) mass is 738 g/mol. The Morgan fingerprint density at radius 2 is 1.94 bits per heavy atom. The number of rotatable bonds is 7. The molecule has 2 aromatic carbocycles. The zero-order valence-electron chi connectivity index (χ0n) is 29.0. The summed E-state index contributed by atoms with van der Waals surface area (Å²) in [6.45, 7) is 8.10. The van der Waals surface area contributed by atoms with Gasteiger partial charge in [0.1, 0.15) is 46.9 Å². The van der Waals surface area contributed by atoms with Crippen molar-refractivity contribution in [2.24, 2.45) is 0 Å². The second kappa shape index (κ2) is 13.3. The summed E-state index contributed by atoms with van der Waals surface area (Å²) in [7, 11) is 0. The van der Waals surface area contributed by atoms with Gasteiger partial charge in [0.15, 0.2) is 5.82 Å². The first-order valence-electron chi connectivity index (χ1n) is 17.0. The lowest BCUT2D eigenvalue weighted by molar-refractivity contribution is 0.0636. The highest BCUT2D eigenvalue weighted by molar-refractivity contribution is 7.23. The number of halogens is 3. The summed E-state index contributed by atoms with van der Waals surface area (Å²) in [5, 5.41) is 22.7. The smallest absolute Gasteiger partial charge is 0.412 e. The van der Waals surface area contributed by atoms with Gasteiger partial charge in [0.05, 0.1) is 27.2 Å². The number of thiophene rings is 1. The molecule has 0 bridgehead atoms. The number of ether oxygens (including phenoxy) is 3. The van der Waals surface area contributed by atoms with Gasteiger partial charge in [-0.1, -0.05) is 12.1 Å². The zero-order chi connectivity index (χ0) is 37.1. The summed E-state index contributed by atoms with van der Waals surface area (Å²) in [6, 6.07) is 6.78. The summed E-state index contributed by atoms with van der Waals surface area (Å²) in [6.07, 6.45) is -1.26. The van der Waals surface area contributed by atoms with Crippen LogP contribution in [0.1, 0.15) is 58.9 Å². The van der Waals surface area contributed by atoms with Crippen molar-refractivity contribution < 1.29 is 42.1 Å². The van der Waals surface area contributed by atoms with E-state index in [4.69, 9.17) is 14.2 Å². The minimum atomic E-state index is -1.09. The van der Waals surface area contributed by atoms with Crippen LogP contribution in [0.4, 0.5) is 27.8 Å². The number of carboxylic acid groups (broad SMARTS) is 1. The Hall–Kier alpha value is -4.88. The number of anilines is 1. The number of amides is 2. The number of likely N-dealkylation sites (tertiary alicyclic amines) is 1. The summed E-state index contributed by atoms with van der Waals surface area (Å²) in [5.74, 6) is -1.53. The molecule has 2 N–H and O–H groups in total. The van der Waals surface area contributed by atoms with Gasteiger partial charge >= 0.3 is 18.2 Å². The number of fused-ring (bicyclic) bond motifs is 3. The molecule has 0 unspecified atom stereocenters. The van der Waals surface area contributed by atoms with Crippen molar-refractivity contribution in [3.05, 3.63) is 41.5 Å². The van der Waals surface area contributed by atoms with Gasteiger partial charge in [0.2, 0.25) is 5.88 Å². The van der Waals surface area contributed by atoms with E-state index in [1.807, 2.05) is 6.07 Å². The molecule has 5 heterocycles. The summed E-state index contributed by atoms with van der Waals surface area (Å²) in [4.78, 5) is 36.6. The predicted molar refractivity (Wildman–Crippen MR) is 187 cm³/mol. The van der Waals surface area contributed by atoms with Crippen molar-refractivity contribution in [3.63, 3.8) is 0 Å². The fourth-order valence-corrected chi connectivity index (χ4v) is 8.66. The second-order valence-electron chi connectivity index (χ2n) is 14.5. The maximum atomic E-state index is 16.9. The van der Waals surface area contributed by atoms with E-state index in [0.717, 1.165) is 36.8 Å². The molecule has 2 amide bonds. The van der Waals surface area contributed by atoms with E-state index in [0.29, 0.717) is 19.4 Å². The minimum Gasteiger partial charge on any atom is -0.471 e. The fraction of sp³-hybridized carbons (Fsp3) is 0.472. The SMILES string of the molecule is C[C@@H]1[C@H](Oc2nc(OC[C@@]34CCCN3C[C@H](F)C4)nc3c(F)c(-c4ccc(F)c5sc(NC(=O)OC(C)(C)C)c(C#N)c45)ccc23)CCN1C(=O)O. The van der Waals surface area contributed by atoms with Crippen LogP contribution in [0, 0.1) is 23.0 Å². The van der Waals surface area contributed by atoms with Crippen molar-refractivity contribution in [1.82, 2.24) is 19.8 Å². The molecular weight excluding hydrogens is 701 g/mol. The van der Waals surface area contributed by atoms with Crippen LogP contribution in [-0.2, 0) is 4.74 Å². The first-order valence-corrected chi connectivity index (χ1v) is 17.8. The van der Waals surface area contributed by atoms with E-state index in [1.54, 1.807) is 27.7 Å².